The minimum Gasteiger partial charge on any atom is -0.368 e. The van der Waals surface area contributed by atoms with Crippen LogP contribution in [0.3, 0.4) is 0 Å². The molecule has 0 radical (unpaired) electrons. The van der Waals surface area contributed by atoms with E-state index in [0.29, 0.717) is 5.57 Å². The standard InChI is InChI=1S/C14H17ClN2O/c1-11(2)14(18)17-8-6-16(7-9-17)13-5-3-4-12(15)10-13/h3-5,10H,1,6-9H2,2H3. The van der Waals surface area contributed by atoms with E-state index in [1.807, 2.05) is 29.2 Å². The van der Waals surface area contributed by atoms with Crippen molar-refractivity contribution in [3.63, 3.8) is 0 Å². The molecule has 3 nitrogen and oxygen atoms in total. The van der Waals surface area contributed by atoms with Gasteiger partial charge in [-0.15, -0.1) is 0 Å². The van der Waals surface area contributed by atoms with Gasteiger partial charge in [-0.25, -0.2) is 0 Å². The van der Waals surface area contributed by atoms with Gasteiger partial charge in [-0.1, -0.05) is 24.2 Å². The van der Waals surface area contributed by atoms with Crippen molar-refractivity contribution in [1.82, 2.24) is 4.90 Å². The van der Waals surface area contributed by atoms with Crippen molar-refractivity contribution in [3.8, 4) is 0 Å². The van der Waals surface area contributed by atoms with Crippen LogP contribution < -0.4 is 4.90 Å². The van der Waals surface area contributed by atoms with Gasteiger partial charge in [-0.3, -0.25) is 4.79 Å². The third kappa shape index (κ3) is 2.85. The number of carbonyl (C=O) groups excluding carboxylic acids is 1. The molecule has 1 aliphatic rings. The molecule has 0 atom stereocenters. The average molecular weight is 265 g/mol. The van der Waals surface area contributed by atoms with Gasteiger partial charge in [0, 0.05) is 42.5 Å². The van der Waals surface area contributed by atoms with E-state index < -0.39 is 0 Å². The summed E-state index contributed by atoms with van der Waals surface area (Å²) < 4.78 is 0. The smallest absolute Gasteiger partial charge is 0.249 e. The zero-order valence-electron chi connectivity index (χ0n) is 10.5. The van der Waals surface area contributed by atoms with E-state index in [1.165, 1.54) is 0 Å². The highest BCUT2D eigenvalue weighted by atomic mass is 35.5. The molecule has 0 N–H and O–H groups in total. The maximum atomic E-state index is 11.8. The molecule has 0 unspecified atom stereocenters. The van der Waals surface area contributed by atoms with Crippen molar-refractivity contribution in [2.45, 2.75) is 6.92 Å². The average Bonchev–Trinajstić information content (AvgIpc) is 2.38. The first-order valence-corrected chi connectivity index (χ1v) is 6.41. The van der Waals surface area contributed by atoms with E-state index >= 15 is 0 Å². The van der Waals surface area contributed by atoms with Crippen molar-refractivity contribution in [1.29, 1.82) is 0 Å². The first kappa shape index (κ1) is 13.0. The van der Waals surface area contributed by atoms with Gasteiger partial charge < -0.3 is 9.80 Å². The second kappa shape index (κ2) is 5.44. The molecular weight excluding hydrogens is 248 g/mol. The molecule has 1 aromatic rings. The molecular formula is C14H17ClN2O. The van der Waals surface area contributed by atoms with Gasteiger partial charge in [0.05, 0.1) is 0 Å². The van der Waals surface area contributed by atoms with Crippen molar-refractivity contribution < 1.29 is 4.79 Å². The summed E-state index contributed by atoms with van der Waals surface area (Å²) in [4.78, 5) is 15.9. The summed E-state index contributed by atoms with van der Waals surface area (Å²) in [7, 11) is 0. The molecule has 2 rings (SSSR count). The van der Waals surface area contributed by atoms with Gasteiger partial charge in [0.25, 0.3) is 0 Å². The fourth-order valence-corrected chi connectivity index (χ4v) is 2.30. The maximum absolute atomic E-state index is 11.8. The number of nitrogens with zero attached hydrogens (tertiary/aromatic N) is 2. The maximum Gasteiger partial charge on any atom is 0.249 e. The van der Waals surface area contributed by atoms with Gasteiger partial charge in [0.2, 0.25) is 5.91 Å². The minimum atomic E-state index is 0.0562. The largest absolute Gasteiger partial charge is 0.368 e. The van der Waals surface area contributed by atoms with Crippen molar-refractivity contribution in [2.75, 3.05) is 31.1 Å². The number of hydrogen-bond acceptors (Lipinski definition) is 2. The van der Waals surface area contributed by atoms with Crippen LogP contribution in [0.1, 0.15) is 6.92 Å². The van der Waals surface area contributed by atoms with Gasteiger partial charge >= 0.3 is 0 Å². The Hall–Kier alpha value is -1.48. The molecule has 96 valence electrons. The number of anilines is 1. The normalized spacial score (nSPS) is 15.7. The topological polar surface area (TPSA) is 23.6 Å². The summed E-state index contributed by atoms with van der Waals surface area (Å²) in [5.74, 6) is 0.0562. The molecule has 0 bridgehead atoms. The third-order valence-corrected chi connectivity index (χ3v) is 3.34. The molecule has 18 heavy (non-hydrogen) atoms. The Morgan fingerprint density at radius 2 is 1.94 bits per heavy atom. The second-order valence-corrected chi connectivity index (χ2v) is 4.98. The highest BCUT2D eigenvalue weighted by molar-refractivity contribution is 6.30. The summed E-state index contributed by atoms with van der Waals surface area (Å²) in [5.41, 5.74) is 1.72. The number of benzene rings is 1. The highest BCUT2D eigenvalue weighted by Gasteiger charge is 2.21. The number of rotatable bonds is 2. The Morgan fingerprint density at radius 1 is 1.28 bits per heavy atom. The van der Waals surface area contributed by atoms with E-state index in [4.69, 9.17) is 11.6 Å². The highest BCUT2D eigenvalue weighted by Crippen LogP contribution is 2.21. The van der Waals surface area contributed by atoms with Crippen LogP contribution in [0, 0.1) is 0 Å². The van der Waals surface area contributed by atoms with Crippen molar-refractivity contribution in [3.05, 3.63) is 41.4 Å². The summed E-state index contributed by atoms with van der Waals surface area (Å²) in [6.07, 6.45) is 0. The van der Waals surface area contributed by atoms with Crippen LogP contribution in [0.25, 0.3) is 0 Å². The molecule has 4 heteroatoms. The molecule has 1 aromatic carbocycles. The molecule has 0 saturated carbocycles. The van der Waals surface area contributed by atoms with Crippen LogP contribution in [0.2, 0.25) is 5.02 Å². The zero-order valence-corrected chi connectivity index (χ0v) is 11.3. The molecule has 0 spiro atoms. The molecule has 1 heterocycles. The number of carbonyl (C=O) groups is 1. The van der Waals surface area contributed by atoms with E-state index in [9.17, 15) is 4.79 Å². The number of amides is 1. The Morgan fingerprint density at radius 3 is 2.50 bits per heavy atom. The Kier molecular flexibility index (Phi) is 3.92. The van der Waals surface area contributed by atoms with Gasteiger partial charge in [-0.2, -0.15) is 0 Å². The van der Waals surface area contributed by atoms with Gasteiger partial charge in [-0.05, 0) is 25.1 Å². The lowest BCUT2D eigenvalue weighted by atomic mass is 10.2. The lowest BCUT2D eigenvalue weighted by molar-refractivity contribution is -0.127. The summed E-state index contributed by atoms with van der Waals surface area (Å²) in [6.45, 7) is 8.59. The zero-order chi connectivity index (χ0) is 13.1. The van der Waals surface area contributed by atoms with Crippen LogP contribution in [0.4, 0.5) is 5.69 Å². The predicted octanol–water partition coefficient (Wildman–Crippen LogP) is 2.56. The van der Waals surface area contributed by atoms with Crippen LogP contribution >= 0.6 is 11.6 Å². The van der Waals surface area contributed by atoms with Crippen LogP contribution in [-0.4, -0.2) is 37.0 Å². The van der Waals surface area contributed by atoms with Crippen LogP contribution in [0.5, 0.6) is 0 Å². The predicted molar refractivity (Wildman–Crippen MR) is 75.1 cm³/mol. The molecule has 1 fully saturated rings. The minimum absolute atomic E-state index is 0.0562. The van der Waals surface area contributed by atoms with Crippen molar-refractivity contribution in [2.24, 2.45) is 0 Å². The lowest BCUT2D eigenvalue weighted by Gasteiger charge is -2.36. The molecule has 1 aliphatic heterocycles. The van der Waals surface area contributed by atoms with Gasteiger partial charge in [0.1, 0.15) is 0 Å². The van der Waals surface area contributed by atoms with E-state index in [-0.39, 0.29) is 5.91 Å². The summed E-state index contributed by atoms with van der Waals surface area (Å²) >= 11 is 5.98. The van der Waals surface area contributed by atoms with Crippen molar-refractivity contribution >= 4 is 23.2 Å². The first-order chi connectivity index (χ1) is 8.58. The molecule has 1 amide bonds. The van der Waals surface area contributed by atoms with Crippen LogP contribution in [-0.2, 0) is 4.79 Å². The number of piperazine rings is 1. The molecule has 0 aliphatic carbocycles. The Balaban J connectivity index is 1.98. The van der Waals surface area contributed by atoms with E-state index in [2.05, 4.69) is 11.5 Å². The number of halogens is 1. The van der Waals surface area contributed by atoms with Gasteiger partial charge in [0.15, 0.2) is 0 Å². The molecule has 1 saturated heterocycles. The Labute approximate surface area is 113 Å². The first-order valence-electron chi connectivity index (χ1n) is 6.03. The monoisotopic (exact) mass is 264 g/mol. The summed E-state index contributed by atoms with van der Waals surface area (Å²) in [5, 5.41) is 0.743. The third-order valence-electron chi connectivity index (χ3n) is 3.11. The lowest BCUT2D eigenvalue weighted by Crippen LogP contribution is -2.49. The fourth-order valence-electron chi connectivity index (χ4n) is 2.11. The SMILES string of the molecule is C=C(C)C(=O)N1CCN(c2cccc(Cl)c2)CC1. The number of hydrogen-bond donors (Lipinski definition) is 0. The Bertz CT molecular complexity index is 465. The quantitative estimate of drug-likeness (QED) is 0.767. The second-order valence-electron chi connectivity index (χ2n) is 4.54. The summed E-state index contributed by atoms with van der Waals surface area (Å²) in [6, 6.07) is 7.81. The van der Waals surface area contributed by atoms with E-state index in [0.717, 1.165) is 36.9 Å². The van der Waals surface area contributed by atoms with Crippen LogP contribution in [0.15, 0.2) is 36.4 Å². The van der Waals surface area contributed by atoms with E-state index in [1.54, 1.807) is 6.92 Å². The molecule has 0 aromatic heterocycles. The fraction of sp³-hybridized carbons (Fsp3) is 0.357.